The van der Waals surface area contributed by atoms with E-state index in [4.69, 9.17) is 4.74 Å². The Morgan fingerprint density at radius 2 is 1.83 bits per heavy atom. The van der Waals surface area contributed by atoms with E-state index in [0.29, 0.717) is 31.7 Å². The highest BCUT2D eigenvalue weighted by Gasteiger charge is 2.24. The average molecular weight is 476 g/mol. The number of benzene rings is 1. The maximum absolute atomic E-state index is 12.1. The molecule has 0 unspecified atom stereocenters. The third kappa shape index (κ3) is 5.01. The van der Waals surface area contributed by atoms with Crippen LogP contribution in [0.2, 0.25) is 0 Å². The zero-order valence-corrected chi connectivity index (χ0v) is 21.2. The molecule has 2 aliphatic heterocycles. The van der Waals surface area contributed by atoms with Gasteiger partial charge in [-0.1, -0.05) is 24.3 Å². The van der Waals surface area contributed by atoms with Crippen molar-refractivity contribution in [2.24, 2.45) is 0 Å². The summed E-state index contributed by atoms with van der Waals surface area (Å²) in [6.45, 7) is 12.1. The normalized spacial score (nSPS) is 19.5. The Hall–Kier alpha value is -3.06. The Morgan fingerprint density at radius 3 is 2.54 bits per heavy atom. The number of ether oxygens (including phenoxy) is 1. The molecule has 0 radical (unpaired) electrons. The Labute approximate surface area is 208 Å². The molecule has 0 spiro atoms. The van der Waals surface area contributed by atoms with Crippen molar-refractivity contribution < 1.29 is 9.53 Å². The first-order valence-electron chi connectivity index (χ1n) is 13.0. The van der Waals surface area contributed by atoms with Crippen LogP contribution >= 0.6 is 0 Å². The van der Waals surface area contributed by atoms with Crippen LogP contribution in [0.25, 0.3) is 16.6 Å². The summed E-state index contributed by atoms with van der Waals surface area (Å²) < 4.78 is 7.13. The highest BCUT2D eigenvalue weighted by Crippen LogP contribution is 2.32. The minimum absolute atomic E-state index is 0.217. The van der Waals surface area contributed by atoms with Crippen LogP contribution in [0.5, 0.6) is 0 Å². The van der Waals surface area contributed by atoms with E-state index in [1.807, 2.05) is 17.6 Å². The van der Waals surface area contributed by atoms with Crippen LogP contribution in [0.1, 0.15) is 45.1 Å². The predicted octanol–water partition coefficient (Wildman–Crippen LogP) is 4.87. The number of carbonyl (C=O) groups excluding carboxylic acids is 1. The van der Waals surface area contributed by atoms with Crippen LogP contribution in [-0.4, -0.2) is 77.4 Å². The molecule has 7 nitrogen and oxygen atoms in total. The summed E-state index contributed by atoms with van der Waals surface area (Å²) in [5.74, 6) is 0.620. The second-order valence-corrected chi connectivity index (χ2v) is 10.00. The molecule has 0 N–H and O–H groups in total. The van der Waals surface area contributed by atoms with Gasteiger partial charge in [0, 0.05) is 56.7 Å². The summed E-state index contributed by atoms with van der Waals surface area (Å²) in [5, 5.41) is 4.57. The lowest BCUT2D eigenvalue weighted by atomic mass is 9.89. The molecule has 0 aliphatic carbocycles. The van der Waals surface area contributed by atoms with Gasteiger partial charge in [0.05, 0.1) is 17.8 Å². The highest BCUT2D eigenvalue weighted by atomic mass is 16.6. The van der Waals surface area contributed by atoms with Gasteiger partial charge in [0.2, 0.25) is 0 Å². The number of hydrogen-bond acceptors (Lipinski definition) is 5. The topological polar surface area (TPSA) is 53.3 Å². The van der Waals surface area contributed by atoms with Gasteiger partial charge in [0.1, 0.15) is 0 Å². The second-order valence-electron chi connectivity index (χ2n) is 10.00. The van der Waals surface area contributed by atoms with Crippen molar-refractivity contribution in [2.45, 2.75) is 45.6 Å². The number of rotatable bonds is 5. The first-order valence-corrected chi connectivity index (χ1v) is 13.0. The van der Waals surface area contributed by atoms with Gasteiger partial charge in [-0.05, 0) is 69.3 Å². The Morgan fingerprint density at radius 1 is 1.06 bits per heavy atom. The zero-order valence-electron chi connectivity index (χ0n) is 21.2. The number of carbonyl (C=O) groups is 1. The van der Waals surface area contributed by atoms with E-state index in [1.54, 1.807) is 4.90 Å². The molecule has 2 fully saturated rings. The van der Waals surface area contributed by atoms with Crippen LogP contribution in [0.4, 0.5) is 10.5 Å². The molecule has 35 heavy (non-hydrogen) atoms. The van der Waals surface area contributed by atoms with Crippen LogP contribution in [0, 0.1) is 0 Å². The fourth-order valence-electron chi connectivity index (χ4n) is 5.47. The molecule has 2 saturated heterocycles. The van der Waals surface area contributed by atoms with Gasteiger partial charge in [0.25, 0.3) is 0 Å². The maximum atomic E-state index is 12.1. The smallest absolute Gasteiger partial charge is 0.409 e. The minimum Gasteiger partial charge on any atom is -0.450 e. The van der Waals surface area contributed by atoms with Gasteiger partial charge in [0.15, 0.2) is 0 Å². The maximum Gasteiger partial charge on any atom is 0.409 e. The Kier molecular flexibility index (Phi) is 6.95. The number of likely N-dealkylation sites (tertiary alicyclic amines) is 1. The predicted molar refractivity (Wildman–Crippen MR) is 140 cm³/mol. The van der Waals surface area contributed by atoms with Gasteiger partial charge in [-0.25, -0.2) is 9.31 Å². The molecular weight excluding hydrogens is 438 g/mol. The number of anilines is 1. The molecule has 2 aliphatic rings. The van der Waals surface area contributed by atoms with Crippen molar-refractivity contribution >= 4 is 17.3 Å². The molecule has 2 aromatic heterocycles. The van der Waals surface area contributed by atoms with E-state index < -0.39 is 0 Å². The monoisotopic (exact) mass is 475 g/mol. The summed E-state index contributed by atoms with van der Waals surface area (Å²) >= 11 is 0. The van der Waals surface area contributed by atoms with Gasteiger partial charge >= 0.3 is 6.09 Å². The van der Waals surface area contributed by atoms with Crippen molar-refractivity contribution in [3.63, 3.8) is 0 Å². The number of piperidine rings is 1. The lowest BCUT2D eigenvalue weighted by molar-refractivity contribution is 0.105. The lowest BCUT2D eigenvalue weighted by Gasteiger charge is -2.35. The molecule has 4 heterocycles. The molecule has 186 valence electrons. The fourth-order valence-corrected chi connectivity index (χ4v) is 5.47. The molecule has 3 aromatic rings. The summed E-state index contributed by atoms with van der Waals surface area (Å²) in [4.78, 5) is 18.8. The summed E-state index contributed by atoms with van der Waals surface area (Å²) in [6, 6.07) is 14.1. The third-order valence-electron chi connectivity index (χ3n) is 7.53. The summed E-state index contributed by atoms with van der Waals surface area (Å²) in [7, 11) is 0. The molecule has 0 bridgehead atoms. The number of piperazine rings is 1. The van der Waals surface area contributed by atoms with Crippen LogP contribution in [0.3, 0.4) is 0 Å². The van der Waals surface area contributed by atoms with E-state index in [-0.39, 0.29) is 6.09 Å². The molecule has 0 saturated carbocycles. The zero-order chi connectivity index (χ0) is 24.4. The Bertz CT molecular complexity index is 1150. The van der Waals surface area contributed by atoms with Gasteiger partial charge in [-0.2, -0.15) is 5.10 Å². The second kappa shape index (κ2) is 10.3. The third-order valence-corrected chi connectivity index (χ3v) is 7.53. The van der Waals surface area contributed by atoms with E-state index in [0.717, 1.165) is 30.8 Å². The Balaban J connectivity index is 1.32. The number of aromatic nitrogens is 2. The number of hydrogen-bond donors (Lipinski definition) is 0. The molecular formula is C28H37N5O2. The van der Waals surface area contributed by atoms with Crippen molar-refractivity contribution in [1.29, 1.82) is 0 Å². The number of amides is 1. The minimum atomic E-state index is -0.217. The molecule has 5 rings (SSSR count). The quantitative estimate of drug-likeness (QED) is 0.527. The van der Waals surface area contributed by atoms with Gasteiger partial charge in [-0.3, -0.25) is 0 Å². The lowest BCUT2D eigenvalue weighted by Crippen LogP contribution is -2.49. The van der Waals surface area contributed by atoms with Crippen molar-refractivity contribution in [3.8, 4) is 11.1 Å². The SMILES string of the molecule is CCOC(=O)N1CCN(c2ccnn3cc(-c4ccc([C@@H]5CCCN(C(C)C)C5)cc4)cc23)CC1. The molecule has 1 atom stereocenters. The van der Waals surface area contributed by atoms with Crippen LogP contribution in [-0.2, 0) is 4.74 Å². The van der Waals surface area contributed by atoms with E-state index >= 15 is 0 Å². The van der Waals surface area contributed by atoms with Crippen molar-refractivity contribution in [3.05, 3.63) is 54.4 Å². The standard InChI is InChI=1S/C28H37N5O2/c1-4-35-28(34)31-16-14-30(15-17-31)26-11-12-29-33-20-25(18-27(26)33)23-9-7-22(8-10-23)24-6-5-13-32(19-24)21(2)3/h7-12,18,20-21,24H,4-6,13-17,19H2,1-3H3/t24-/m1/s1. The van der Waals surface area contributed by atoms with E-state index in [9.17, 15) is 4.79 Å². The van der Waals surface area contributed by atoms with Gasteiger partial charge < -0.3 is 19.4 Å². The van der Waals surface area contributed by atoms with Crippen LogP contribution in [0.15, 0.2) is 48.8 Å². The molecule has 1 amide bonds. The van der Waals surface area contributed by atoms with Crippen LogP contribution < -0.4 is 4.90 Å². The molecule has 7 heteroatoms. The molecule has 1 aromatic carbocycles. The highest BCUT2D eigenvalue weighted by molar-refractivity contribution is 5.80. The van der Waals surface area contributed by atoms with E-state index in [1.165, 1.54) is 36.1 Å². The van der Waals surface area contributed by atoms with Gasteiger partial charge in [-0.15, -0.1) is 0 Å². The van der Waals surface area contributed by atoms with Crippen molar-refractivity contribution in [1.82, 2.24) is 19.4 Å². The number of fused-ring (bicyclic) bond motifs is 1. The average Bonchev–Trinajstić information content (AvgIpc) is 3.34. The first kappa shape index (κ1) is 23.7. The summed E-state index contributed by atoms with van der Waals surface area (Å²) in [6.07, 6.45) is 6.30. The fraction of sp³-hybridized carbons (Fsp3) is 0.500. The first-order chi connectivity index (χ1) is 17.0. The largest absolute Gasteiger partial charge is 0.450 e. The van der Waals surface area contributed by atoms with E-state index in [2.05, 4.69) is 71.3 Å². The number of nitrogens with zero attached hydrogens (tertiary/aromatic N) is 5. The summed E-state index contributed by atoms with van der Waals surface area (Å²) in [5.41, 5.74) is 6.09. The van der Waals surface area contributed by atoms with Crippen molar-refractivity contribution in [2.75, 3.05) is 50.8 Å².